The summed E-state index contributed by atoms with van der Waals surface area (Å²) in [7, 11) is 0. The summed E-state index contributed by atoms with van der Waals surface area (Å²) in [5.41, 5.74) is -0.676. The lowest BCUT2D eigenvalue weighted by atomic mass is 9.63. The summed E-state index contributed by atoms with van der Waals surface area (Å²) in [6.45, 7) is 5.18. The molecule has 0 saturated carbocycles. The first-order chi connectivity index (χ1) is 18.6. The molecule has 3 aromatic carbocycles. The van der Waals surface area contributed by atoms with E-state index in [-0.39, 0.29) is 16.8 Å². The number of hydrogen-bond donors (Lipinski definition) is 0. The van der Waals surface area contributed by atoms with Crippen molar-refractivity contribution in [2.75, 3.05) is 0 Å². The Morgan fingerprint density at radius 3 is 2.26 bits per heavy atom. The van der Waals surface area contributed by atoms with E-state index in [2.05, 4.69) is 5.10 Å². The minimum absolute atomic E-state index is 0.213. The highest BCUT2D eigenvalue weighted by Gasteiger charge is 2.73. The molecule has 3 atom stereocenters. The monoisotopic (exact) mass is 523 g/mol. The summed E-state index contributed by atoms with van der Waals surface area (Å²) in [4.78, 5) is 54.3. The Balaban J connectivity index is 1.69. The molecule has 1 aliphatic carbocycles. The van der Waals surface area contributed by atoms with Gasteiger partial charge < -0.3 is 4.74 Å². The zero-order valence-electron chi connectivity index (χ0n) is 21.5. The van der Waals surface area contributed by atoms with E-state index in [4.69, 9.17) is 4.74 Å². The van der Waals surface area contributed by atoms with Crippen molar-refractivity contribution in [3.05, 3.63) is 111 Å². The van der Waals surface area contributed by atoms with Crippen LogP contribution in [0, 0.1) is 15.5 Å². The predicted molar refractivity (Wildman–Crippen MR) is 142 cm³/mol. The number of esters is 1. The highest BCUT2D eigenvalue weighted by molar-refractivity contribution is 6.31. The van der Waals surface area contributed by atoms with Gasteiger partial charge in [-0.15, -0.1) is 0 Å². The van der Waals surface area contributed by atoms with Crippen LogP contribution in [-0.2, 0) is 9.53 Å². The number of Topliss-reactive ketones (excluding diaryl/α,β-unsaturated/α-hetero) is 2. The molecule has 9 heteroatoms. The van der Waals surface area contributed by atoms with E-state index in [0.717, 1.165) is 5.56 Å². The molecule has 9 nitrogen and oxygen atoms in total. The lowest BCUT2D eigenvalue weighted by molar-refractivity contribution is -0.384. The molecule has 6 rings (SSSR count). The Labute approximate surface area is 224 Å². The summed E-state index contributed by atoms with van der Waals surface area (Å²) < 4.78 is 5.83. The molecule has 2 heterocycles. The lowest BCUT2D eigenvalue weighted by Gasteiger charge is -2.36. The van der Waals surface area contributed by atoms with Gasteiger partial charge in [0.05, 0.1) is 17.2 Å². The summed E-state index contributed by atoms with van der Waals surface area (Å²) in [6.07, 6.45) is 1.60. The number of ketones is 2. The van der Waals surface area contributed by atoms with Crippen molar-refractivity contribution in [1.29, 1.82) is 0 Å². The van der Waals surface area contributed by atoms with E-state index in [0.29, 0.717) is 11.1 Å². The molecule has 0 amide bonds. The maximum absolute atomic E-state index is 14.6. The number of benzene rings is 3. The second-order valence-corrected chi connectivity index (χ2v) is 11.0. The van der Waals surface area contributed by atoms with Gasteiger partial charge in [0.1, 0.15) is 11.0 Å². The van der Waals surface area contributed by atoms with Crippen LogP contribution < -0.4 is 0 Å². The predicted octanol–water partition coefficient (Wildman–Crippen LogP) is 4.86. The largest absolute Gasteiger partial charge is 0.458 e. The molecule has 0 radical (unpaired) electrons. The standard InChI is InChI=1S/C30H25N3O6/c1-29(2,3)39-28(36)24-23(17-10-8-11-19(15-17)33(37)38)30(26(34)21-13-6-7-14-22(21)27(30)35)25-20-12-5-4-9-18(20)16-31-32(24)25/h4-16,23-25H,1-3H3/t23-,24-,25+/m0/s1. The fourth-order valence-electron chi connectivity index (χ4n) is 6.32. The first-order valence-corrected chi connectivity index (χ1v) is 12.6. The fourth-order valence-corrected chi connectivity index (χ4v) is 6.32. The number of hydrazone groups is 1. The van der Waals surface area contributed by atoms with Crippen molar-refractivity contribution < 1.29 is 24.0 Å². The molecule has 1 spiro atoms. The van der Waals surface area contributed by atoms with Gasteiger partial charge in [-0.05, 0) is 37.5 Å². The molecule has 1 fully saturated rings. The molecule has 3 aromatic rings. The number of rotatable bonds is 3. The number of carbonyl (C=O) groups is 3. The molecule has 2 aliphatic heterocycles. The van der Waals surface area contributed by atoms with Crippen molar-refractivity contribution >= 4 is 29.4 Å². The van der Waals surface area contributed by atoms with Gasteiger partial charge >= 0.3 is 5.97 Å². The van der Waals surface area contributed by atoms with Gasteiger partial charge in [-0.2, -0.15) is 5.10 Å². The van der Waals surface area contributed by atoms with Crippen LogP contribution in [0.25, 0.3) is 0 Å². The van der Waals surface area contributed by atoms with Crippen LogP contribution in [0.15, 0.2) is 77.9 Å². The molecule has 3 aliphatic rings. The van der Waals surface area contributed by atoms with Gasteiger partial charge in [-0.3, -0.25) is 24.7 Å². The van der Waals surface area contributed by atoms with Crippen molar-refractivity contribution in [1.82, 2.24) is 5.01 Å². The number of nitro benzene ring substituents is 1. The van der Waals surface area contributed by atoms with Crippen molar-refractivity contribution in [3.63, 3.8) is 0 Å². The van der Waals surface area contributed by atoms with E-state index in [1.165, 1.54) is 23.2 Å². The molecule has 39 heavy (non-hydrogen) atoms. The number of hydrogen-bond acceptors (Lipinski definition) is 8. The Morgan fingerprint density at radius 1 is 0.974 bits per heavy atom. The van der Waals surface area contributed by atoms with E-state index < -0.39 is 51.5 Å². The third-order valence-corrected chi connectivity index (χ3v) is 7.66. The van der Waals surface area contributed by atoms with E-state index in [1.807, 2.05) is 24.3 Å². The van der Waals surface area contributed by atoms with Crippen LogP contribution in [0.5, 0.6) is 0 Å². The SMILES string of the molecule is CC(C)(C)OC(=O)[C@@H]1[C@H](c2cccc([N+](=O)[O-])c2)C2(C(=O)c3ccccc3C2=O)[C@H]2c3ccccc3C=NN12. The summed E-state index contributed by atoms with van der Waals surface area (Å²) in [5.74, 6) is -2.66. The number of non-ortho nitro benzene ring substituents is 1. The number of nitro groups is 1. The quantitative estimate of drug-likeness (QED) is 0.208. The Kier molecular flexibility index (Phi) is 5.33. The van der Waals surface area contributed by atoms with Crippen LogP contribution in [0.1, 0.15) is 70.1 Å². The molecule has 0 N–H and O–H groups in total. The normalized spacial score (nSPS) is 22.4. The molecule has 0 unspecified atom stereocenters. The number of carbonyl (C=O) groups excluding carboxylic acids is 3. The highest BCUT2D eigenvalue weighted by atomic mass is 16.6. The zero-order valence-corrected chi connectivity index (χ0v) is 21.5. The average molecular weight is 524 g/mol. The maximum atomic E-state index is 14.6. The van der Waals surface area contributed by atoms with E-state index >= 15 is 0 Å². The third kappa shape index (κ3) is 3.46. The van der Waals surface area contributed by atoms with Gasteiger partial charge in [0, 0.05) is 29.2 Å². The molecule has 196 valence electrons. The first-order valence-electron chi connectivity index (χ1n) is 12.6. The molecular weight excluding hydrogens is 498 g/mol. The van der Waals surface area contributed by atoms with E-state index in [9.17, 15) is 24.5 Å². The summed E-state index contributed by atoms with van der Waals surface area (Å²) in [5, 5.41) is 17.9. The molecule has 0 aromatic heterocycles. The average Bonchev–Trinajstić information content (AvgIpc) is 3.34. The first kappa shape index (κ1) is 24.7. The van der Waals surface area contributed by atoms with Gasteiger partial charge in [-0.25, -0.2) is 4.79 Å². The van der Waals surface area contributed by atoms with Crippen LogP contribution >= 0.6 is 0 Å². The zero-order chi connectivity index (χ0) is 27.7. The second kappa shape index (κ2) is 8.42. The van der Waals surface area contributed by atoms with Gasteiger partial charge in [-0.1, -0.05) is 60.7 Å². The van der Waals surface area contributed by atoms with Crippen LogP contribution in [0.2, 0.25) is 0 Å². The summed E-state index contributed by atoms with van der Waals surface area (Å²) >= 11 is 0. The number of ether oxygens (including phenoxy) is 1. The number of nitrogens with zero attached hydrogens (tertiary/aromatic N) is 3. The van der Waals surface area contributed by atoms with Crippen molar-refractivity contribution in [2.24, 2.45) is 10.5 Å². The Morgan fingerprint density at radius 2 is 1.62 bits per heavy atom. The molecule has 1 saturated heterocycles. The third-order valence-electron chi connectivity index (χ3n) is 7.66. The van der Waals surface area contributed by atoms with Gasteiger partial charge in [0.25, 0.3) is 5.69 Å². The van der Waals surface area contributed by atoms with Crippen LogP contribution in [-0.4, -0.2) is 45.3 Å². The van der Waals surface area contributed by atoms with Crippen LogP contribution in [0.4, 0.5) is 5.69 Å². The van der Waals surface area contributed by atoms with Crippen LogP contribution in [0.3, 0.4) is 0 Å². The Hall–Kier alpha value is -4.66. The maximum Gasteiger partial charge on any atom is 0.331 e. The minimum Gasteiger partial charge on any atom is -0.458 e. The smallest absolute Gasteiger partial charge is 0.331 e. The summed E-state index contributed by atoms with van der Waals surface area (Å²) in [6, 6.07) is 17.5. The van der Waals surface area contributed by atoms with Crippen molar-refractivity contribution in [2.45, 2.75) is 44.4 Å². The lowest BCUT2D eigenvalue weighted by Crippen LogP contribution is -2.44. The van der Waals surface area contributed by atoms with Gasteiger partial charge in [0.15, 0.2) is 17.6 Å². The minimum atomic E-state index is -1.81. The van der Waals surface area contributed by atoms with E-state index in [1.54, 1.807) is 57.3 Å². The second-order valence-electron chi connectivity index (χ2n) is 11.0. The number of fused-ring (bicyclic) bond motifs is 5. The van der Waals surface area contributed by atoms with Gasteiger partial charge in [0.2, 0.25) is 0 Å². The topological polar surface area (TPSA) is 119 Å². The highest BCUT2D eigenvalue weighted by Crippen LogP contribution is 2.64. The molecular formula is C30H25N3O6. The Bertz CT molecular complexity index is 1570. The fraction of sp³-hybridized carbons (Fsp3) is 0.267. The van der Waals surface area contributed by atoms with Crippen molar-refractivity contribution in [3.8, 4) is 0 Å². The molecule has 0 bridgehead atoms.